The first-order chi connectivity index (χ1) is 10.8. The van der Waals surface area contributed by atoms with Crippen LogP contribution < -0.4 is 16.2 Å². The number of aromatic nitrogens is 3. The van der Waals surface area contributed by atoms with Crippen LogP contribution >= 0.6 is 0 Å². The summed E-state index contributed by atoms with van der Waals surface area (Å²) < 4.78 is 46.5. The van der Waals surface area contributed by atoms with Gasteiger partial charge in [0, 0.05) is 11.8 Å². The minimum atomic E-state index is -4.58. The average molecular weight is 323 g/mol. The number of methoxy groups -OCH3 is 1. The predicted octanol–water partition coefficient (Wildman–Crippen LogP) is 2.59. The van der Waals surface area contributed by atoms with Crippen molar-refractivity contribution in [3.63, 3.8) is 0 Å². The van der Waals surface area contributed by atoms with Crippen molar-refractivity contribution >= 4 is 17.0 Å². The van der Waals surface area contributed by atoms with E-state index in [2.05, 4.69) is 10.1 Å². The molecule has 3 aromatic rings. The topological polar surface area (TPSA) is 91.5 Å². The number of halogens is 3. The molecule has 0 fully saturated rings. The molecular formula is C14H12F3N5O. The monoisotopic (exact) mass is 323 g/mol. The zero-order chi connectivity index (χ0) is 16.8. The quantitative estimate of drug-likeness (QED) is 0.707. The van der Waals surface area contributed by atoms with Crippen molar-refractivity contribution in [2.75, 3.05) is 18.6 Å². The molecule has 2 aromatic heterocycles. The molecule has 0 aliphatic carbocycles. The first kappa shape index (κ1) is 14.9. The molecule has 9 heteroatoms. The van der Waals surface area contributed by atoms with Crippen LogP contribution in [0, 0.1) is 0 Å². The molecule has 1 aromatic carbocycles. The number of nitrogens with zero attached hydrogens (tertiary/aromatic N) is 3. The van der Waals surface area contributed by atoms with Gasteiger partial charge in [0.05, 0.1) is 24.0 Å². The van der Waals surface area contributed by atoms with E-state index in [9.17, 15) is 13.2 Å². The van der Waals surface area contributed by atoms with Crippen LogP contribution in [0.4, 0.5) is 24.5 Å². The average Bonchev–Trinajstić information content (AvgIpc) is 2.95. The van der Waals surface area contributed by atoms with E-state index >= 15 is 0 Å². The van der Waals surface area contributed by atoms with E-state index in [0.717, 1.165) is 6.07 Å². The van der Waals surface area contributed by atoms with E-state index < -0.39 is 11.7 Å². The maximum Gasteiger partial charge on any atom is 0.417 e. The number of nitrogens with two attached hydrogens (primary N) is 2. The third-order valence-electron chi connectivity index (χ3n) is 3.40. The number of nitrogen functional groups attached to an aromatic ring is 2. The number of anilines is 2. The second kappa shape index (κ2) is 5.04. The summed E-state index contributed by atoms with van der Waals surface area (Å²) >= 11 is 0. The number of pyridine rings is 1. The molecule has 3 rings (SSSR count). The minimum Gasteiger partial charge on any atom is -0.493 e. The van der Waals surface area contributed by atoms with Gasteiger partial charge in [-0.15, -0.1) is 0 Å². The van der Waals surface area contributed by atoms with Crippen LogP contribution in [-0.2, 0) is 6.18 Å². The summed E-state index contributed by atoms with van der Waals surface area (Å²) in [4.78, 5) is 3.99. The van der Waals surface area contributed by atoms with Crippen LogP contribution in [0.2, 0.25) is 0 Å². The summed E-state index contributed by atoms with van der Waals surface area (Å²) in [6.45, 7) is 0. The number of benzene rings is 1. The number of rotatable bonds is 2. The highest BCUT2D eigenvalue weighted by molar-refractivity contribution is 5.79. The van der Waals surface area contributed by atoms with Gasteiger partial charge in [-0.25, -0.2) is 9.50 Å². The van der Waals surface area contributed by atoms with E-state index in [0.29, 0.717) is 11.4 Å². The number of hydrogen-bond donors (Lipinski definition) is 2. The zero-order valence-electron chi connectivity index (χ0n) is 11.9. The van der Waals surface area contributed by atoms with Gasteiger partial charge < -0.3 is 16.2 Å². The first-order valence-corrected chi connectivity index (χ1v) is 6.45. The Balaban J connectivity index is 2.32. The highest BCUT2D eigenvalue weighted by Crippen LogP contribution is 2.41. The highest BCUT2D eigenvalue weighted by Gasteiger charge is 2.34. The fourth-order valence-corrected chi connectivity index (χ4v) is 2.30. The molecule has 0 spiro atoms. The zero-order valence-corrected chi connectivity index (χ0v) is 11.9. The lowest BCUT2D eigenvalue weighted by Gasteiger charge is -2.16. The number of ether oxygens (including phenoxy) is 1. The normalized spacial score (nSPS) is 11.8. The lowest BCUT2D eigenvalue weighted by Crippen LogP contribution is -2.10. The number of alkyl halides is 3. The molecule has 0 saturated carbocycles. The van der Waals surface area contributed by atoms with Crippen LogP contribution in [0.5, 0.6) is 5.75 Å². The Morgan fingerprint density at radius 1 is 1.13 bits per heavy atom. The first-order valence-electron chi connectivity index (χ1n) is 6.45. The summed E-state index contributed by atoms with van der Waals surface area (Å²) in [6.07, 6.45) is -1.88. The van der Waals surface area contributed by atoms with Gasteiger partial charge in [0.1, 0.15) is 6.33 Å². The third-order valence-corrected chi connectivity index (χ3v) is 3.40. The van der Waals surface area contributed by atoms with Crippen molar-refractivity contribution in [2.24, 2.45) is 0 Å². The maximum atomic E-state index is 13.3. The Bertz CT molecular complexity index is 888. The van der Waals surface area contributed by atoms with E-state index in [1.54, 1.807) is 0 Å². The Kier molecular flexibility index (Phi) is 3.28. The van der Waals surface area contributed by atoms with Gasteiger partial charge in [0.15, 0.2) is 11.4 Å². The molecule has 0 atom stereocenters. The van der Waals surface area contributed by atoms with Crippen molar-refractivity contribution in [3.8, 4) is 16.9 Å². The number of hydrogen-bond acceptors (Lipinski definition) is 5. The second-order valence-electron chi connectivity index (χ2n) is 4.85. The van der Waals surface area contributed by atoms with E-state index in [1.165, 1.54) is 36.3 Å². The van der Waals surface area contributed by atoms with Crippen molar-refractivity contribution in [3.05, 3.63) is 36.3 Å². The van der Waals surface area contributed by atoms with Crippen molar-refractivity contribution in [1.82, 2.24) is 14.6 Å². The van der Waals surface area contributed by atoms with Gasteiger partial charge in [-0.05, 0) is 23.8 Å². The van der Waals surface area contributed by atoms with Crippen LogP contribution in [-0.4, -0.2) is 21.7 Å². The minimum absolute atomic E-state index is 0.0608. The molecule has 0 aliphatic rings. The lowest BCUT2D eigenvalue weighted by atomic mass is 9.98. The molecule has 120 valence electrons. The van der Waals surface area contributed by atoms with E-state index in [1.807, 2.05) is 0 Å². The summed E-state index contributed by atoms with van der Waals surface area (Å²) in [7, 11) is 1.40. The van der Waals surface area contributed by atoms with Crippen molar-refractivity contribution < 1.29 is 17.9 Å². The molecular weight excluding hydrogens is 311 g/mol. The largest absolute Gasteiger partial charge is 0.493 e. The fourth-order valence-electron chi connectivity index (χ4n) is 2.30. The Hall–Kier alpha value is -2.97. The van der Waals surface area contributed by atoms with Crippen LogP contribution in [0.1, 0.15) is 5.56 Å². The van der Waals surface area contributed by atoms with E-state index in [4.69, 9.17) is 16.2 Å². The second-order valence-corrected chi connectivity index (χ2v) is 4.85. The molecule has 0 bridgehead atoms. The Morgan fingerprint density at radius 2 is 1.83 bits per heavy atom. The molecule has 4 N–H and O–H groups in total. The molecule has 2 heterocycles. The van der Waals surface area contributed by atoms with Gasteiger partial charge in [-0.3, -0.25) is 0 Å². The van der Waals surface area contributed by atoms with Gasteiger partial charge in [-0.2, -0.15) is 18.3 Å². The molecule has 0 aliphatic heterocycles. The molecule has 0 unspecified atom stereocenters. The van der Waals surface area contributed by atoms with Gasteiger partial charge >= 0.3 is 6.18 Å². The van der Waals surface area contributed by atoms with Gasteiger partial charge in [-0.1, -0.05) is 0 Å². The molecule has 0 saturated heterocycles. The molecule has 0 radical (unpaired) electrons. The standard InChI is InChI=1S/C14H12F3N5O/c1-23-12-2-7(5-22-13(12)20-6-21-22)8-3-10(18)11(19)4-9(8)14(15,16)17/h2-6H,18-19H2,1H3. The lowest BCUT2D eigenvalue weighted by molar-refractivity contribution is -0.137. The van der Waals surface area contributed by atoms with Crippen molar-refractivity contribution in [2.45, 2.75) is 6.18 Å². The van der Waals surface area contributed by atoms with Gasteiger partial charge in [0.2, 0.25) is 0 Å². The van der Waals surface area contributed by atoms with Crippen LogP contribution in [0.15, 0.2) is 30.7 Å². The molecule has 0 amide bonds. The highest BCUT2D eigenvalue weighted by atomic mass is 19.4. The van der Waals surface area contributed by atoms with Crippen LogP contribution in [0.25, 0.3) is 16.8 Å². The maximum absolute atomic E-state index is 13.3. The Morgan fingerprint density at radius 3 is 2.48 bits per heavy atom. The molecule has 6 nitrogen and oxygen atoms in total. The summed E-state index contributed by atoms with van der Waals surface area (Å²) in [5, 5.41) is 3.93. The molecule has 23 heavy (non-hydrogen) atoms. The summed E-state index contributed by atoms with van der Waals surface area (Å²) in [5.41, 5.74) is 10.8. The SMILES string of the molecule is COc1cc(-c2cc(N)c(N)cc2C(F)(F)F)cn2ncnc12. The smallest absolute Gasteiger partial charge is 0.417 e. The fraction of sp³-hybridized carbons (Fsp3) is 0.143. The van der Waals surface area contributed by atoms with Crippen LogP contribution in [0.3, 0.4) is 0 Å². The van der Waals surface area contributed by atoms with E-state index in [-0.39, 0.29) is 22.5 Å². The third kappa shape index (κ3) is 2.50. The van der Waals surface area contributed by atoms with Crippen molar-refractivity contribution in [1.29, 1.82) is 0 Å². The predicted molar refractivity (Wildman–Crippen MR) is 78.8 cm³/mol. The summed E-state index contributed by atoms with van der Waals surface area (Å²) in [5.74, 6) is 0.295. The number of fused-ring (bicyclic) bond motifs is 1. The Labute approximate surface area is 128 Å². The van der Waals surface area contributed by atoms with Gasteiger partial charge in [0.25, 0.3) is 0 Å². The summed E-state index contributed by atoms with van der Waals surface area (Å²) in [6, 6.07) is 3.46.